The number of hydrogen-bond acceptors (Lipinski definition) is 2. The average molecular weight is 232 g/mol. The summed E-state index contributed by atoms with van der Waals surface area (Å²) in [6, 6.07) is 8.64. The summed E-state index contributed by atoms with van der Waals surface area (Å²) in [4.78, 5) is 11.9. The number of nitrogens with one attached hydrogen (secondary N) is 1. The van der Waals surface area contributed by atoms with E-state index in [9.17, 15) is 4.79 Å². The summed E-state index contributed by atoms with van der Waals surface area (Å²) < 4.78 is 0. The third kappa shape index (κ3) is 2.67. The standard InChI is InChI=1S/C14H20N2O/c1-2-10(9-15)14(17)16-13-7-11-5-3-4-6-12(11)8-13/h3-6,10,13H,2,7-9,15H2,1H3,(H,16,17). The van der Waals surface area contributed by atoms with E-state index in [-0.39, 0.29) is 17.9 Å². The molecule has 0 heterocycles. The molecule has 17 heavy (non-hydrogen) atoms. The fourth-order valence-electron chi connectivity index (χ4n) is 2.44. The van der Waals surface area contributed by atoms with Crippen molar-refractivity contribution in [1.29, 1.82) is 0 Å². The number of benzene rings is 1. The number of fused-ring (bicyclic) bond motifs is 1. The summed E-state index contributed by atoms with van der Waals surface area (Å²) in [5.41, 5.74) is 8.30. The first-order valence-corrected chi connectivity index (χ1v) is 6.31. The molecule has 0 spiro atoms. The molecule has 2 rings (SSSR count). The number of hydrogen-bond donors (Lipinski definition) is 2. The minimum Gasteiger partial charge on any atom is -0.352 e. The van der Waals surface area contributed by atoms with E-state index in [2.05, 4.69) is 29.6 Å². The van der Waals surface area contributed by atoms with Gasteiger partial charge in [0.05, 0.1) is 0 Å². The van der Waals surface area contributed by atoms with Gasteiger partial charge in [-0.1, -0.05) is 31.2 Å². The Labute approximate surface area is 102 Å². The molecule has 1 aromatic rings. The zero-order valence-electron chi connectivity index (χ0n) is 10.3. The van der Waals surface area contributed by atoms with Gasteiger partial charge < -0.3 is 11.1 Å². The first kappa shape index (κ1) is 12.1. The van der Waals surface area contributed by atoms with Gasteiger partial charge in [0.25, 0.3) is 0 Å². The Bertz CT molecular complexity index is 374. The fourth-order valence-corrected chi connectivity index (χ4v) is 2.44. The van der Waals surface area contributed by atoms with Gasteiger partial charge in [0.15, 0.2) is 0 Å². The Kier molecular flexibility index (Phi) is 3.79. The van der Waals surface area contributed by atoms with Crippen molar-refractivity contribution in [1.82, 2.24) is 5.32 Å². The molecule has 0 bridgehead atoms. The monoisotopic (exact) mass is 232 g/mol. The van der Waals surface area contributed by atoms with E-state index in [1.807, 2.05) is 6.92 Å². The summed E-state index contributed by atoms with van der Waals surface area (Å²) in [7, 11) is 0. The topological polar surface area (TPSA) is 55.1 Å². The average Bonchev–Trinajstić information content (AvgIpc) is 2.72. The van der Waals surface area contributed by atoms with Crippen LogP contribution in [0.1, 0.15) is 24.5 Å². The van der Waals surface area contributed by atoms with Crippen LogP contribution in [-0.2, 0) is 17.6 Å². The Morgan fingerprint density at radius 2 is 2.00 bits per heavy atom. The van der Waals surface area contributed by atoms with Crippen LogP contribution in [0, 0.1) is 5.92 Å². The lowest BCUT2D eigenvalue weighted by Gasteiger charge is -2.17. The van der Waals surface area contributed by atoms with Crippen LogP contribution in [0.25, 0.3) is 0 Å². The Morgan fingerprint density at radius 3 is 2.47 bits per heavy atom. The smallest absolute Gasteiger partial charge is 0.224 e. The molecule has 0 saturated heterocycles. The normalized spacial score (nSPS) is 16.6. The molecule has 0 saturated carbocycles. The van der Waals surface area contributed by atoms with Crippen LogP contribution >= 0.6 is 0 Å². The molecule has 1 amide bonds. The van der Waals surface area contributed by atoms with E-state index in [0.29, 0.717) is 6.54 Å². The van der Waals surface area contributed by atoms with Crippen LogP contribution < -0.4 is 11.1 Å². The van der Waals surface area contributed by atoms with Crippen molar-refractivity contribution in [2.24, 2.45) is 11.7 Å². The fraction of sp³-hybridized carbons (Fsp3) is 0.500. The second-order valence-corrected chi connectivity index (χ2v) is 4.72. The molecular weight excluding hydrogens is 212 g/mol. The van der Waals surface area contributed by atoms with Gasteiger partial charge in [-0.3, -0.25) is 4.79 Å². The molecule has 3 nitrogen and oxygen atoms in total. The van der Waals surface area contributed by atoms with Crippen molar-refractivity contribution in [3.63, 3.8) is 0 Å². The maximum Gasteiger partial charge on any atom is 0.224 e. The molecule has 3 N–H and O–H groups in total. The van der Waals surface area contributed by atoms with Gasteiger partial charge in [0, 0.05) is 18.5 Å². The largest absolute Gasteiger partial charge is 0.352 e. The zero-order valence-corrected chi connectivity index (χ0v) is 10.3. The van der Waals surface area contributed by atoms with Crippen LogP contribution in [0.4, 0.5) is 0 Å². The second kappa shape index (κ2) is 5.32. The molecule has 1 unspecified atom stereocenters. The lowest BCUT2D eigenvalue weighted by Crippen LogP contribution is -2.41. The predicted molar refractivity (Wildman–Crippen MR) is 68.6 cm³/mol. The molecule has 1 aromatic carbocycles. The molecule has 1 aliphatic carbocycles. The van der Waals surface area contributed by atoms with E-state index >= 15 is 0 Å². The van der Waals surface area contributed by atoms with Crippen LogP contribution in [0.3, 0.4) is 0 Å². The second-order valence-electron chi connectivity index (χ2n) is 4.72. The number of rotatable bonds is 4. The van der Waals surface area contributed by atoms with Gasteiger partial charge in [0.1, 0.15) is 0 Å². The van der Waals surface area contributed by atoms with Gasteiger partial charge in [-0.2, -0.15) is 0 Å². The molecule has 92 valence electrons. The van der Waals surface area contributed by atoms with E-state index < -0.39 is 0 Å². The van der Waals surface area contributed by atoms with Crippen molar-refractivity contribution in [3.8, 4) is 0 Å². The Balaban J connectivity index is 1.93. The highest BCUT2D eigenvalue weighted by molar-refractivity contribution is 5.79. The van der Waals surface area contributed by atoms with Crippen molar-refractivity contribution >= 4 is 5.91 Å². The van der Waals surface area contributed by atoms with Crippen molar-refractivity contribution in [3.05, 3.63) is 35.4 Å². The minimum atomic E-state index is -0.0429. The molecule has 0 aliphatic heterocycles. The van der Waals surface area contributed by atoms with Crippen LogP contribution in [0.5, 0.6) is 0 Å². The number of nitrogens with two attached hydrogens (primary N) is 1. The molecular formula is C14H20N2O. The summed E-state index contributed by atoms with van der Waals surface area (Å²) in [5.74, 6) is 0.0616. The van der Waals surface area contributed by atoms with Crippen LogP contribution in [0.2, 0.25) is 0 Å². The van der Waals surface area contributed by atoms with Crippen LogP contribution in [-0.4, -0.2) is 18.5 Å². The molecule has 0 fully saturated rings. The van der Waals surface area contributed by atoms with Crippen molar-refractivity contribution in [2.75, 3.05) is 6.54 Å². The third-order valence-corrected chi connectivity index (χ3v) is 3.55. The SMILES string of the molecule is CCC(CN)C(=O)NC1Cc2ccccc2C1. The Hall–Kier alpha value is -1.35. The molecule has 0 aromatic heterocycles. The van der Waals surface area contributed by atoms with Gasteiger partial charge >= 0.3 is 0 Å². The van der Waals surface area contributed by atoms with Crippen molar-refractivity contribution < 1.29 is 4.79 Å². The van der Waals surface area contributed by atoms with Crippen molar-refractivity contribution in [2.45, 2.75) is 32.2 Å². The summed E-state index contributed by atoms with van der Waals surface area (Å²) >= 11 is 0. The molecule has 3 heteroatoms. The number of carbonyl (C=O) groups is 1. The highest BCUT2D eigenvalue weighted by Crippen LogP contribution is 2.21. The quantitative estimate of drug-likeness (QED) is 0.821. The molecule has 1 aliphatic rings. The number of amides is 1. The third-order valence-electron chi connectivity index (χ3n) is 3.55. The maximum absolute atomic E-state index is 11.9. The molecule has 0 radical (unpaired) electrons. The highest BCUT2D eigenvalue weighted by atomic mass is 16.1. The van der Waals surface area contributed by atoms with Gasteiger partial charge in [0.2, 0.25) is 5.91 Å². The minimum absolute atomic E-state index is 0.0429. The van der Waals surface area contributed by atoms with Gasteiger partial charge in [-0.05, 0) is 30.4 Å². The highest BCUT2D eigenvalue weighted by Gasteiger charge is 2.24. The maximum atomic E-state index is 11.9. The zero-order chi connectivity index (χ0) is 12.3. The van der Waals surface area contributed by atoms with E-state index in [1.54, 1.807) is 0 Å². The Morgan fingerprint density at radius 1 is 1.41 bits per heavy atom. The first-order chi connectivity index (χ1) is 8.24. The van der Waals surface area contributed by atoms with Crippen LogP contribution in [0.15, 0.2) is 24.3 Å². The summed E-state index contributed by atoms with van der Waals surface area (Å²) in [6.45, 7) is 2.43. The lowest BCUT2D eigenvalue weighted by molar-refractivity contribution is -0.125. The summed E-state index contributed by atoms with van der Waals surface area (Å²) in [6.07, 6.45) is 2.70. The lowest BCUT2D eigenvalue weighted by atomic mass is 10.1. The molecule has 1 atom stereocenters. The summed E-state index contributed by atoms with van der Waals surface area (Å²) in [5, 5.41) is 3.11. The van der Waals surface area contributed by atoms with E-state index in [0.717, 1.165) is 19.3 Å². The number of carbonyl (C=O) groups excluding carboxylic acids is 1. The predicted octanol–water partition coefficient (Wildman–Crippen LogP) is 1.25. The van der Waals surface area contributed by atoms with Gasteiger partial charge in [-0.15, -0.1) is 0 Å². The first-order valence-electron chi connectivity index (χ1n) is 6.31. The van der Waals surface area contributed by atoms with E-state index in [1.165, 1.54) is 11.1 Å². The van der Waals surface area contributed by atoms with Gasteiger partial charge in [-0.25, -0.2) is 0 Å². The van der Waals surface area contributed by atoms with E-state index in [4.69, 9.17) is 5.73 Å².